The average Bonchev–Trinajstić information content (AvgIpc) is 3.47. The Morgan fingerprint density at radius 3 is 2.38 bits per heavy atom. The van der Waals surface area contributed by atoms with Crippen molar-refractivity contribution in [3.63, 3.8) is 0 Å². The van der Waals surface area contributed by atoms with Gasteiger partial charge in [-0.25, -0.2) is 19.2 Å². The van der Waals surface area contributed by atoms with Crippen LogP contribution in [-0.2, 0) is 13.1 Å². The number of amides is 1. The van der Waals surface area contributed by atoms with Gasteiger partial charge in [-0.1, -0.05) is 49.4 Å². The van der Waals surface area contributed by atoms with Gasteiger partial charge in [0.15, 0.2) is 0 Å². The fourth-order valence-corrected chi connectivity index (χ4v) is 3.78. The van der Waals surface area contributed by atoms with Crippen LogP contribution >= 0.6 is 0 Å². The number of pyridine rings is 1. The Morgan fingerprint density at radius 2 is 1.79 bits per heavy atom. The van der Waals surface area contributed by atoms with E-state index in [1.54, 1.807) is 11.5 Å². The fourth-order valence-electron chi connectivity index (χ4n) is 3.78. The quantitative estimate of drug-likeness (QED) is 0.286. The number of carbonyl (C=O) groups is 1. The number of halogens is 2. The van der Waals surface area contributed by atoms with E-state index in [2.05, 4.69) is 17.2 Å². The van der Waals surface area contributed by atoms with Crippen molar-refractivity contribution < 1.29 is 18.8 Å². The molecule has 2 heterocycles. The lowest BCUT2D eigenvalue weighted by Crippen LogP contribution is -2.20. The van der Waals surface area contributed by atoms with E-state index in [9.17, 15) is 13.6 Å². The Morgan fingerprint density at radius 1 is 1.12 bits per heavy atom. The number of aromatic nitrogens is 2. The number of nitrogens with zero attached hydrogens (tertiary/aromatic N) is 2. The van der Waals surface area contributed by atoms with E-state index < -0.39 is 17.5 Å². The molecule has 8 heteroatoms. The first-order valence-corrected chi connectivity index (χ1v) is 11.1. The first kappa shape index (κ1) is 23.5. The number of fused-ring (bicyclic) bond motifs is 1. The van der Waals surface area contributed by atoms with Crippen LogP contribution in [0.15, 0.2) is 73.1 Å². The molecule has 34 heavy (non-hydrogen) atoms. The van der Waals surface area contributed by atoms with Crippen molar-refractivity contribution >= 4 is 16.8 Å². The minimum absolute atomic E-state index is 0.0850. The molecule has 4 aromatic rings. The van der Waals surface area contributed by atoms with Gasteiger partial charge < -0.3 is 9.88 Å². The summed E-state index contributed by atoms with van der Waals surface area (Å²) < 4.78 is 29.1. The lowest BCUT2D eigenvalue weighted by Gasteiger charge is -2.07. The largest absolute Gasteiger partial charge is 0.341 e. The van der Waals surface area contributed by atoms with E-state index >= 15 is 0 Å². The maximum atomic E-state index is 14.1. The maximum Gasteiger partial charge on any atom is 0.293 e. The summed E-state index contributed by atoms with van der Waals surface area (Å²) in [6, 6.07) is 17.6. The number of rotatable bonds is 6. The summed E-state index contributed by atoms with van der Waals surface area (Å²) in [5, 5.41) is 13.1. The Labute approximate surface area is 196 Å². The second kappa shape index (κ2) is 10.5. The number of benzene rings is 2. The van der Waals surface area contributed by atoms with Gasteiger partial charge >= 0.3 is 0 Å². The topological polar surface area (TPSA) is 79.2 Å². The molecule has 0 aliphatic heterocycles. The molecule has 1 aliphatic rings. The zero-order valence-corrected chi connectivity index (χ0v) is 18.7. The molecule has 1 amide bonds. The molecular formula is C26H26F2N4O2. The third-order valence-corrected chi connectivity index (χ3v) is 5.87. The summed E-state index contributed by atoms with van der Waals surface area (Å²) >= 11 is 0. The lowest BCUT2D eigenvalue weighted by atomic mass is 10.1. The summed E-state index contributed by atoms with van der Waals surface area (Å²) in [6.45, 7) is 2.97. The second-order valence-corrected chi connectivity index (χ2v) is 8.40. The van der Waals surface area contributed by atoms with Gasteiger partial charge in [-0.2, -0.15) is 0 Å². The molecule has 0 saturated heterocycles. The molecule has 2 atom stereocenters. The number of carbonyl (C=O) groups excluding carboxylic acids is 1. The lowest BCUT2D eigenvalue weighted by molar-refractivity contribution is 0.0701. The van der Waals surface area contributed by atoms with E-state index in [4.69, 9.17) is 5.21 Å². The molecule has 1 aliphatic carbocycles. The van der Waals surface area contributed by atoms with Crippen LogP contribution in [-0.4, -0.2) is 26.7 Å². The number of nitrogens with one attached hydrogen (secondary N) is 2. The van der Waals surface area contributed by atoms with Gasteiger partial charge in [0.05, 0.1) is 18.3 Å². The van der Waals surface area contributed by atoms with E-state index in [0.29, 0.717) is 24.1 Å². The minimum atomic E-state index is -0.700. The van der Waals surface area contributed by atoms with Gasteiger partial charge in [0, 0.05) is 35.8 Å². The van der Waals surface area contributed by atoms with Crippen molar-refractivity contribution in [2.75, 3.05) is 0 Å². The van der Waals surface area contributed by atoms with Crippen molar-refractivity contribution in [1.29, 1.82) is 0 Å². The Balaban J connectivity index is 0.000000398. The highest BCUT2D eigenvalue weighted by Crippen LogP contribution is 2.30. The molecule has 176 valence electrons. The summed E-state index contributed by atoms with van der Waals surface area (Å²) in [6.07, 6.45) is 4.53. The summed E-state index contributed by atoms with van der Waals surface area (Å²) in [5.74, 6) is -1.30. The smallest absolute Gasteiger partial charge is 0.293 e. The summed E-state index contributed by atoms with van der Waals surface area (Å²) in [4.78, 5) is 15.8. The first-order valence-electron chi connectivity index (χ1n) is 11.1. The second-order valence-electron chi connectivity index (χ2n) is 8.40. The van der Waals surface area contributed by atoms with Crippen molar-refractivity contribution in [2.45, 2.75) is 32.5 Å². The SMILES string of the molecule is CC1CC1NCc1cn(Cc2ccc(F)cc2F)c2cnc(C(=O)NO)cc12.c1ccccc1. The van der Waals surface area contributed by atoms with Crippen LogP contribution in [0.4, 0.5) is 8.78 Å². The number of hydrogen-bond donors (Lipinski definition) is 3. The normalized spacial score (nSPS) is 16.6. The molecule has 1 fully saturated rings. The van der Waals surface area contributed by atoms with Crippen molar-refractivity contribution in [3.05, 3.63) is 102 Å². The monoisotopic (exact) mass is 464 g/mol. The average molecular weight is 465 g/mol. The van der Waals surface area contributed by atoms with Gasteiger partial charge in [-0.05, 0) is 30.0 Å². The predicted molar refractivity (Wildman–Crippen MR) is 125 cm³/mol. The molecule has 2 unspecified atom stereocenters. The van der Waals surface area contributed by atoms with E-state index in [1.165, 1.54) is 18.3 Å². The van der Waals surface area contributed by atoms with Crippen LogP contribution in [0.2, 0.25) is 0 Å². The zero-order chi connectivity index (χ0) is 24.1. The maximum absolute atomic E-state index is 14.1. The molecule has 3 N–H and O–H groups in total. The highest BCUT2D eigenvalue weighted by molar-refractivity contribution is 5.96. The van der Waals surface area contributed by atoms with E-state index in [1.807, 2.05) is 47.2 Å². The molecule has 0 bridgehead atoms. The van der Waals surface area contributed by atoms with Gasteiger partial charge in [-0.15, -0.1) is 0 Å². The molecule has 5 rings (SSSR count). The standard InChI is InChI=1S/C20H20F2N4O2.C6H6/c1-11-4-17(11)23-7-13-10-26(9-12-2-3-14(21)5-16(12)22)19-8-24-18(6-15(13)19)20(27)25-28;1-2-4-6-5-3-1/h2-3,5-6,8,10-11,17,23,28H,4,7,9H2,1H3,(H,25,27);1-6H. The van der Waals surface area contributed by atoms with Crippen LogP contribution in [0.25, 0.3) is 10.9 Å². The zero-order valence-electron chi connectivity index (χ0n) is 18.7. The van der Waals surface area contributed by atoms with Crippen LogP contribution < -0.4 is 10.8 Å². The summed E-state index contributed by atoms with van der Waals surface area (Å²) in [7, 11) is 0. The van der Waals surface area contributed by atoms with Gasteiger partial charge in [0.2, 0.25) is 0 Å². The molecule has 2 aromatic heterocycles. The van der Waals surface area contributed by atoms with Crippen LogP contribution in [0.3, 0.4) is 0 Å². The van der Waals surface area contributed by atoms with E-state index in [0.717, 1.165) is 29.0 Å². The molecule has 2 aromatic carbocycles. The van der Waals surface area contributed by atoms with Crippen LogP contribution in [0, 0.1) is 17.6 Å². The highest BCUT2D eigenvalue weighted by Gasteiger charge is 2.31. The molecule has 0 spiro atoms. The molecule has 6 nitrogen and oxygen atoms in total. The molecule has 1 saturated carbocycles. The molecular weight excluding hydrogens is 438 g/mol. The minimum Gasteiger partial charge on any atom is -0.341 e. The third kappa shape index (κ3) is 5.65. The van der Waals surface area contributed by atoms with Crippen LogP contribution in [0.5, 0.6) is 0 Å². The first-order chi connectivity index (χ1) is 16.5. The van der Waals surface area contributed by atoms with Crippen LogP contribution in [0.1, 0.15) is 35.0 Å². The third-order valence-electron chi connectivity index (χ3n) is 5.87. The highest BCUT2D eigenvalue weighted by atomic mass is 19.1. The van der Waals surface area contributed by atoms with Gasteiger partial charge in [0.1, 0.15) is 17.3 Å². The van der Waals surface area contributed by atoms with Crippen molar-refractivity contribution in [2.24, 2.45) is 5.92 Å². The van der Waals surface area contributed by atoms with E-state index in [-0.39, 0.29) is 12.2 Å². The fraction of sp³-hybridized carbons (Fsp3) is 0.231. The number of hydrogen-bond acceptors (Lipinski definition) is 4. The Hall–Kier alpha value is -3.62. The van der Waals surface area contributed by atoms with Crippen molar-refractivity contribution in [1.82, 2.24) is 20.3 Å². The summed E-state index contributed by atoms with van der Waals surface area (Å²) in [5.41, 5.74) is 3.68. The van der Waals surface area contributed by atoms with Crippen molar-refractivity contribution in [3.8, 4) is 0 Å². The predicted octanol–water partition coefficient (Wildman–Crippen LogP) is 4.67. The Bertz CT molecular complexity index is 1250. The number of hydroxylamine groups is 1. The Kier molecular flexibility index (Phi) is 7.30. The van der Waals surface area contributed by atoms with Gasteiger partial charge in [-0.3, -0.25) is 10.0 Å². The van der Waals surface area contributed by atoms with Gasteiger partial charge in [0.25, 0.3) is 5.91 Å². The molecule has 0 radical (unpaired) electrons.